The predicted molar refractivity (Wildman–Crippen MR) is 81.8 cm³/mol. The van der Waals surface area contributed by atoms with Crippen LogP contribution in [0, 0.1) is 0 Å². The minimum atomic E-state index is -0.778. The van der Waals surface area contributed by atoms with Crippen LogP contribution in [-0.2, 0) is 16.8 Å². The number of fused-ring (bicyclic) bond motifs is 1. The van der Waals surface area contributed by atoms with E-state index < -0.39 is 5.41 Å². The molecule has 1 aliphatic rings. The average Bonchev–Trinajstić information content (AvgIpc) is 2.53. The summed E-state index contributed by atoms with van der Waals surface area (Å²) in [7, 11) is 1.83. The number of likely N-dealkylation sites (N-methyl/N-ethyl adjacent to an activating group) is 1. The average molecular weight is 281 g/mol. The molecule has 0 radical (unpaired) electrons. The molecule has 3 rings (SSSR count). The molecule has 2 aromatic carbocycles. The molecule has 1 atom stereocenters. The number of aliphatic hydroxyl groups is 1. The number of hydrogen-bond acceptors (Lipinski definition) is 2. The SMILES string of the molecule is CN1Cc2ccccc2C(CCO)(c2ccccc2)C1=O. The third kappa shape index (κ3) is 2.05. The highest BCUT2D eigenvalue weighted by molar-refractivity contribution is 5.93. The maximum absolute atomic E-state index is 13.0. The fourth-order valence-corrected chi connectivity index (χ4v) is 3.40. The van der Waals surface area contributed by atoms with Crippen LogP contribution in [0.3, 0.4) is 0 Å². The zero-order valence-electron chi connectivity index (χ0n) is 12.1. The number of aliphatic hydroxyl groups excluding tert-OH is 1. The molecule has 3 nitrogen and oxygen atoms in total. The van der Waals surface area contributed by atoms with Gasteiger partial charge in [-0.05, 0) is 23.1 Å². The number of amides is 1. The summed E-state index contributed by atoms with van der Waals surface area (Å²) in [4.78, 5) is 14.8. The molecule has 21 heavy (non-hydrogen) atoms. The number of hydrogen-bond donors (Lipinski definition) is 1. The van der Waals surface area contributed by atoms with Crippen LogP contribution in [0.1, 0.15) is 23.1 Å². The van der Waals surface area contributed by atoms with Crippen LogP contribution in [-0.4, -0.2) is 29.6 Å². The Kier molecular flexibility index (Phi) is 3.52. The largest absolute Gasteiger partial charge is 0.396 e. The van der Waals surface area contributed by atoms with Gasteiger partial charge in [0, 0.05) is 20.2 Å². The molecule has 1 N–H and O–H groups in total. The summed E-state index contributed by atoms with van der Waals surface area (Å²) in [5, 5.41) is 9.60. The molecule has 2 aromatic rings. The summed E-state index contributed by atoms with van der Waals surface area (Å²) in [6.07, 6.45) is 0.400. The first kappa shape index (κ1) is 13.8. The normalized spacial score (nSPS) is 21.2. The maximum Gasteiger partial charge on any atom is 0.237 e. The van der Waals surface area contributed by atoms with E-state index in [-0.39, 0.29) is 12.5 Å². The van der Waals surface area contributed by atoms with Gasteiger partial charge in [0.25, 0.3) is 0 Å². The first-order valence-corrected chi connectivity index (χ1v) is 7.20. The van der Waals surface area contributed by atoms with Gasteiger partial charge in [-0.1, -0.05) is 54.6 Å². The molecule has 1 aliphatic heterocycles. The highest BCUT2D eigenvalue weighted by Gasteiger charge is 2.47. The Balaban J connectivity index is 2.29. The van der Waals surface area contributed by atoms with E-state index in [1.54, 1.807) is 4.90 Å². The van der Waals surface area contributed by atoms with Crippen LogP contribution in [0.25, 0.3) is 0 Å². The Labute approximate surface area is 124 Å². The van der Waals surface area contributed by atoms with Crippen LogP contribution in [0.4, 0.5) is 0 Å². The second-order valence-corrected chi connectivity index (χ2v) is 5.56. The Hall–Kier alpha value is -2.13. The first-order valence-electron chi connectivity index (χ1n) is 7.20. The Bertz CT molecular complexity index is 653. The van der Waals surface area contributed by atoms with Gasteiger partial charge >= 0.3 is 0 Å². The van der Waals surface area contributed by atoms with E-state index in [4.69, 9.17) is 0 Å². The minimum Gasteiger partial charge on any atom is -0.396 e. The van der Waals surface area contributed by atoms with Gasteiger partial charge in [-0.2, -0.15) is 0 Å². The van der Waals surface area contributed by atoms with Crippen molar-refractivity contribution in [2.75, 3.05) is 13.7 Å². The molecule has 0 saturated heterocycles. The van der Waals surface area contributed by atoms with Gasteiger partial charge in [-0.15, -0.1) is 0 Å². The van der Waals surface area contributed by atoms with Crippen molar-refractivity contribution in [3.63, 3.8) is 0 Å². The molecule has 3 heteroatoms. The minimum absolute atomic E-state index is 0.0250. The zero-order chi connectivity index (χ0) is 14.9. The Morgan fingerprint density at radius 3 is 2.48 bits per heavy atom. The molecule has 0 saturated carbocycles. The highest BCUT2D eigenvalue weighted by atomic mass is 16.3. The number of rotatable bonds is 3. The van der Waals surface area contributed by atoms with Crippen LogP contribution >= 0.6 is 0 Å². The van der Waals surface area contributed by atoms with E-state index in [0.29, 0.717) is 13.0 Å². The zero-order valence-corrected chi connectivity index (χ0v) is 12.1. The standard InChI is InChI=1S/C18H19NO2/c1-19-13-14-7-5-6-10-16(14)18(11-12-20,17(19)21)15-8-3-2-4-9-15/h2-10,20H,11-13H2,1H3. The molecule has 0 spiro atoms. The van der Waals surface area contributed by atoms with Crippen molar-refractivity contribution in [3.8, 4) is 0 Å². The molecular formula is C18H19NO2. The van der Waals surface area contributed by atoms with Crippen molar-refractivity contribution in [1.82, 2.24) is 4.90 Å². The summed E-state index contributed by atoms with van der Waals surface area (Å²) < 4.78 is 0. The molecule has 1 heterocycles. The molecule has 0 aromatic heterocycles. The van der Waals surface area contributed by atoms with Gasteiger partial charge in [0.05, 0.1) is 0 Å². The van der Waals surface area contributed by atoms with E-state index in [1.165, 1.54) is 0 Å². The fourth-order valence-electron chi connectivity index (χ4n) is 3.40. The lowest BCUT2D eigenvalue weighted by atomic mass is 9.67. The molecule has 1 amide bonds. The summed E-state index contributed by atoms with van der Waals surface area (Å²) >= 11 is 0. The maximum atomic E-state index is 13.0. The van der Waals surface area contributed by atoms with Crippen molar-refractivity contribution in [3.05, 3.63) is 71.3 Å². The quantitative estimate of drug-likeness (QED) is 0.938. The molecule has 0 bridgehead atoms. The molecule has 0 aliphatic carbocycles. The summed E-state index contributed by atoms with van der Waals surface area (Å²) in [5.41, 5.74) is 2.34. The summed E-state index contributed by atoms with van der Waals surface area (Å²) in [6.45, 7) is 0.595. The van der Waals surface area contributed by atoms with Gasteiger partial charge in [-0.3, -0.25) is 4.79 Å². The third-order valence-corrected chi connectivity index (χ3v) is 4.35. The molecular weight excluding hydrogens is 262 g/mol. The topological polar surface area (TPSA) is 40.5 Å². The Morgan fingerprint density at radius 2 is 1.76 bits per heavy atom. The van der Waals surface area contributed by atoms with Crippen LogP contribution in [0.5, 0.6) is 0 Å². The van der Waals surface area contributed by atoms with Crippen molar-refractivity contribution in [2.45, 2.75) is 18.4 Å². The number of nitrogens with zero attached hydrogens (tertiary/aromatic N) is 1. The molecule has 108 valence electrons. The van der Waals surface area contributed by atoms with E-state index in [9.17, 15) is 9.90 Å². The van der Waals surface area contributed by atoms with Gasteiger partial charge in [0.15, 0.2) is 0 Å². The Morgan fingerprint density at radius 1 is 1.10 bits per heavy atom. The summed E-state index contributed by atoms with van der Waals surface area (Å²) in [6, 6.07) is 17.8. The molecule has 0 fully saturated rings. The lowest BCUT2D eigenvalue weighted by molar-refractivity contribution is -0.136. The van der Waals surface area contributed by atoms with Crippen LogP contribution < -0.4 is 0 Å². The second-order valence-electron chi connectivity index (χ2n) is 5.56. The van der Waals surface area contributed by atoms with Gasteiger partial charge in [0.2, 0.25) is 5.91 Å². The van der Waals surface area contributed by atoms with Crippen molar-refractivity contribution in [1.29, 1.82) is 0 Å². The smallest absolute Gasteiger partial charge is 0.237 e. The van der Waals surface area contributed by atoms with E-state index in [2.05, 4.69) is 6.07 Å². The number of carbonyl (C=O) groups is 1. The van der Waals surface area contributed by atoms with Crippen LogP contribution in [0.2, 0.25) is 0 Å². The van der Waals surface area contributed by atoms with E-state index in [1.807, 2.05) is 55.6 Å². The monoisotopic (exact) mass is 281 g/mol. The third-order valence-electron chi connectivity index (χ3n) is 4.35. The van der Waals surface area contributed by atoms with E-state index >= 15 is 0 Å². The van der Waals surface area contributed by atoms with Crippen LogP contribution in [0.15, 0.2) is 54.6 Å². The molecule has 1 unspecified atom stereocenters. The lowest BCUT2D eigenvalue weighted by Crippen LogP contribution is -2.50. The highest BCUT2D eigenvalue weighted by Crippen LogP contribution is 2.42. The van der Waals surface area contributed by atoms with Gasteiger partial charge in [-0.25, -0.2) is 0 Å². The lowest BCUT2D eigenvalue weighted by Gasteiger charge is -2.42. The number of benzene rings is 2. The number of carbonyl (C=O) groups excluding carboxylic acids is 1. The van der Waals surface area contributed by atoms with E-state index in [0.717, 1.165) is 16.7 Å². The van der Waals surface area contributed by atoms with Gasteiger partial charge in [0.1, 0.15) is 5.41 Å². The first-order chi connectivity index (χ1) is 10.2. The predicted octanol–water partition coefficient (Wildman–Crippen LogP) is 2.33. The van der Waals surface area contributed by atoms with Crippen molar-refractivity contribution in [2.24, 2.45) is 0 Å². The van der Waals surface area contributed by atoms with Gasteiger partial charge < -0.3 is 10.0 Å². The second kappa shape index (κ2) is 5.34. The van der Waals surface area contributed by atoms with Crippen molar-refractivity contribution >= 4 is 5.91 Å². The fraction of sp³-hybridized carbons (Fsp3) is 0.278. The summed E-state index contributed by atoms with van der Waals surface area (Å²) in [5.74, 6) is 0.0569. The van der Waals surface area contributed by atoms with Crippen molar-refractivity contribution < 1.29 is 9.90 Å².